The number of hydrogen-bond donors (Lipinski definition) is 1. The maximum Gasteiger partial charge on any atom is 0.277 e. The van der Waals surface area contributed by atoms with Crippen LogP contribution in [0.5, 0.6) is 11.5 Å². The summed E-state index contributed by atoms with van der Waals surface area (Å²) in [6.45, 7) is 0.241. The minimum Gasteiger partial charge on any atom is -0.489 e. The second-order valence-corrected chi connectivity index (χ2v) is 6.84. The molecule has 0 saturated heterocycles. The highest BCUT2D eigenvalue weighted by atomic mass is 16.5. The quantitative estimate of drug-likeness (QED) is 0.340. The van der Waals surface area contributed by atoms with Crippen molar-refractivity contribution in [2.45, 2.75) is 6.61 Å². The number of nitrogens with one attached hydrogen (secondary N) is 1. The molecule has 7 heteroatoms. The molecule has 0 unspecified atom stereocenters. The lowest BCUT2D eigenvalue weighted by Crippen LogP contribution is -2.25. The smallest absolute Gasteiger partial charge is 0.277 e. The zero-order valence-corrected chi connectivity index (χ0v) is 17.1. The highest BCUT2D eigenvalue weighted by Crippen LogP contribution is 2.18. The molecule has 32 heavy (non-hydrogen) atoms. The van der Waals surface area contributed by atoms with Gasteiger partial charge in [0.1, 0.15) is 30.0 Å². The van der Waals surface area contributed by atoms with Gasteiger partial charge in [0.25, 0.3) is 5.91 Å². The lowest BCUT2D eigenvalue weighted by Gasteiger charge is -2.08. The fourth-order valence-corrected chi connectivity index (χ4v) is 2.91. The molecule has 7 nitrogen and oxygen atoms in total. The van der Waals surface area contributed by atoms with E-state index in [0.29, 0.717) is 29.1 Å². The monoisotopic (exact) mass is 428 g/mol. The van der Waals surface area contributed by atoms with Crippen molar-refractivity contribution < 1.29 is 18.7 Å². The summed E-state index contributed by atoms with van der Waals surface area (Å²) in [5, 5.41) is 4.25. The van der Waals surface area contributed by atoms with E-state index in [9.17, 15) is 9.59 Å². The number of para-hydroxylation sites is 1. The third-order valence-corrected chi connectivity index (χ3v) is 4.54. The molecule has 4 aromatic rings. The van der Waals surface area contributed by atoms with Crippen LogP contribution in [0.4, 0.5) is 0 Å². The summed E-state index contributed by atoms with van der Waals surface area (Å²) >= 11 is 0. The first-order chi connectivity index (χ1) is 15.7. The Morgan fingerprint density at radius 1 is 0.906 bits per heavy atom. The van der Waals surface area contributed by atoms with Crippen LogP contribution >= 0.6 is 0 Å². The maximum absolute atomic E-state index is 12.4. The van der Waals surface area contributed by atoms with Crippen LogP contribution in [0.15, 0.2) is 99.4 Å². The van der Waals surface area contributed by atoms with Gasteiger partial charge >= 0.3 is 0 Å². The first-order valence-electron chi connectivity index (χ1n) is 9.91. The van der Waals surface area contributed by atoms with Crippen LogP contribution in [0.2, 0.25) is 0 Å². The number of carbonyl (C=O) groups excluding carboxylic acids is 1. The first-order valence-corrected chi connectivity index (χ1v) is 9.91. The van der Waals surface area contributed by atoms with Gasteiger partial charge in [-0.1, -0.05) is 42.5 Å². The van der Waals surface area contributed by atoms with Gasteiger partial charge in [-0.2, -0.15) is 5.10 Å². The molecule has 0 spiro atoms. The van der Waals surface area contributed by atoms with E-state index in [1.165, 1.54) is 12.5 Å². The molecule has 160 valence electrons. The number of amides is 1. The minimum atomic E-state index is -0.462. The zero-order valence-electron chi connectivity index (χ0n) is 17.1. The van der Waals surface area contributed by atoms with Crippen molar-refractivity contribution in [3.05, 3.63) is 106 Å². The van der Waals surface area contributed by atoms with E-state index in [1.807, 2.05) is 30.3 Å². The van der Waals surface area contributed by atoms with Gasteiger partial charge in [0.15, 0.2) is 6.61 Å². The van der Waals surface area contributed by atoms with Crippen molar-refractivity contribution in [3.8, 4) is 11.5 Å². The van der Waals surface area contributed by atoms with Gasteiger partial charge in [-0.05, 0) is 42.0 Å². The first kappa shape index (κ1) is 20.9. The zero-order chi connectivity index (χ0) is 22.2. The Balaban J connectivity index is 1.25. The SMILES string of the molecule is O=C(COc1ccc(OCc2ccccc2)cc1)N/N=C/c1coc2ccccc2c1=O. The minimum absolute atomic E-state index is 0.226. The fourth-order valence-electron chi connectivity index (χ4n) is 2.91. The van der Waals surface area contributed by atoms with E-state index in [4.69, 9.17) is 13.9 Å². The molecule has 1 heterocycles. The normalized spacial score (nSPS) is 10.9. The summed E-state index contributed by atoms with van der Waals surface area (Å²) in [6, 6.07) is 23.7. The van der Waals surface area contributed by atoms with E-state index in [-0.39, 0.29) is 17.6 Å². The van der Waals surface area contributed by atoms with Gasteiger partial charge in [-0.15, -0.1) is 0 Å². The van der Waals surface area contributed by atoms with E-state index in [1.54, 1.807) is 48.5 Å². The maximum atomic E-state index is 12.4. The number of nitrogens with zero attached hydrogens (tertiary/aromatic N) is 1. The molecule has 0 saturated carbocycles. The van der Waals surface area contributed by atoms with Gasteiger partial charge in [0, 0.05) is 0 Å². The van der Waals surface area contributed by atoms with E-state index >= 15 is 0 Å². The molecule has 0 radical (unpaired) electrons. The number of carbonyl (C=O) groups is 1. The molecule has 1 amide bonds. The van der Waals surface area contributed by atoms with Gasteiger partial charge in [0.05, 0.1) is 17.2 Å². The van der Waals surface area contributed by atoms with Gasteiger partial charge in [-0.25, -0.2) is 5.43 Å². The van der Waals surface area contributed by atoms with Crippen LogP contribution < -0.4 is 20.3 Å². The van der Waals surface area contributed by atoms with Crippen LogP contribution in [-0.2, 0) is 11.4 Å². The summed E-state index contributed by atoms with van der Waals surface area (Å²) in [7, 11) is 0. The molecule has 3 aromatic carbocycles. The second kappa shape index (κ2) is 10.1. The van der Waals surface area contributed by atoms with Gasteiger partial charge < -0.3 is 13.9 Å². The molecule has 0 bridgehead atoms. The second-order valence-electron chi connectivity index (χ2n) is 6.84. The number of fused-ring (bicyclic) bond motifs is 1. The van der Waals surface area contributed by atoms with E-state index in [0.717, 1.165) is 5.56 Å². The number of rotatable bonds is 8. The van der Waals surface area contributed by atoms with Crippen LogP contribution in [0.1, 0.15) is 11.1 Å². The summed E-state index contributed by atoms with van der Waals surface area (Å²) in [5.74, 6) is 0.756. The Bertz CT molecular complexity index is 1280. The van der Waals surface area contributed by atoms with Crippen molar-refractivity contribution in [2.24, 2.45) is 5.10 Å². The Hall–Kier alpha value is -4.39. The Morgan fingerprint density at radius 2 is 1.59 bits per heavy atom. The molecule has 0 aliphatic rings. The molecule has 0 fully saturated rings. The lowest BCUT2D eigenvalue weighted by molar-refractivity contribution is -0.123. The van der Waals surface area contributed by atoms with Crippen molar-refractivity contribution in [1.29, 1.82) is 0 Å². The third-order valence-electron chi connectivity index (χ3n) is 4.54. The fraction of sp³-hybridized carbons (Fsp3) is 0.0800. The average molecular weight is 428 g/mol. The Kier molecular flexibility index (Phi) is 6.57. The van der Waals surface area contributed by atoms with Crippen LogP contribution in [0.25, 0.3) is 11.0 Å². The summed E-state index contributed by atoms with van der Waals surface area (Å²) < 4.78 is 16.6. The van der Waals surface area contributed by atoms with Crippen molar-refractivity contribution in [1.82, 2.24) is 5.43 Å². The highest BCUT2D eigenvalue weighted by Gasteiger charge is 2.05. The number of ether oxygens (including phenoxy) is 2. The van der Waals surface area contributed by atoms with Gasteiger partial charge in [-0.3, -0.25) is 9.59 Å². The standard InChI is InChI=1S/C25H20N2O5/c28-24(27-26-14-19-16-32-23-9-5-4-8-22(23)25(19)29)17-31-21-12-10-20(11-13-21)30-15-18-6-2-1-3-7-18/h1-14,16H,15,17H2,(H,27,28)/b26-14+. The molecular weight excluding hydrogens is 408 g/mol. The number of benzene rings is 3. The van der Waals surface area contributed by atoms with Crippen molar-refractivity contribution in [2.75, 3.05) is 6.61 Å². The molecule has 0 atom stereocenters. The summed E-state index contributed by atoms with van der Waals surface area (Å²) in [4.78, 5) is 24.3. The number of hydrazone groups is 1. The van der Waals surface area contributed by atoms with E-state index < -0.39 is 5.91 Å². The van der Waals surface area contributed by atoms with Crippen LogP contribution in [-0.4, -0.2) is 18.7 Å². The van der Waals surface area contributed by atoms with E-state index in [2.05, 4.69) is 10.5 Å². The largest absolute Gasteiger partial charge is 0.489 e. The van der Waals surface area contributed by atoms with Crippen molar-refractivity contribution in [3.63, 3.8) is 0 Å². The molecule has 1 aromatic heterocycles. The predicted octanol–water partition coefficient (Wildman–Crippen LogP) is 3.90. The van der Waals surface area contributed by atoms with Crippen LogP contribution in [0, 0.1) is 0 Å². The topological polar surface area (TPSA) is 90.1 Å². The van der Waals surface area contributed by atoms with Crippen LogP contribution in [0.3, 0.4) is 0 Å². The summed E-state index contributed by atoms with van der Waals surface area (Å²) in [5.41, 5.74) is 3.90. The van der Waals surface area contributed by atoms with Gasteiger partial charge in [0.2, 0.25) is 5.43 Å². The molecular formula is C25H20N2O5. The average Bonchev–Trinajstić information content (AvgIpc) is 2.84. The Labute approximate surface area is 183 Å². The third kappa shape index (κ3) is 5.40. The lowest BCUT2D eigenvalue weighted by atomic mass is 10.2. The molecule has 0 aliphatic carbocycles. The highest BCUT2D eigenvalue weighted by molar-refractivity contribution is 5.87. The van der Waals surface area contributed by atoms with Crippen molar-refractivity contribution >= 4 is 23.1 Å². The molecule has 4 rings (SSSR count). The summed E-state index contributed by atoms with van der Waals surface area (Å²) in [6.07, 6.45) is 2.55. The molecule has 1 N–H and O–H groups in total. The predicted molar refractivity (Wildman–Crippen MR) is 121 cm³/mol. The number of hydrogen-bond acceptors (Lipinski definition) is 6. The Morgan fingerprint density at radius 3 is 2.38 bits per heavy atom. The molecule has 0 aliphatic heterocycles.